The van der Waals surface area contributed by atoms with Crippen LogP contribution in [0.3, 0.4) is 0 Å². The first kappa shape index (κ1) is 11.1. The number of nitrogens with one attached hydrogen (secondary N) is 1. The van der Waals surface area contributed by atoms with E-state index in [1.54, 1.807) is 24.5 Å². The fraction of sp³-hybridized carbons (Fsp3) is 0.0909. The molecule has 1 aromatic heterocycles. The summed E-state index contributed by atoms with van der Waals surface area (Å²) in [6, 6.07) is 7.28. The van der Waals surface area contributed by atoms with E-state index in [2.05, 4.69) is 32.8 Å². The predicted octanol–water partition coefficient (Wildman–Crippen LogP) is 2.37. The van der Waals surface area contributed by atoms with Crippen LogP contribution in [0.4, 0.5) is 0 Å². The van der Waals surface area contributed by atoms with Crippen LogP contribution in [0.1, 0.15) is 15.9 Å². The van der Waals surface area contributed by atoms with Gasteiger partial charge >= 0.3 is 5.97 Å². The first-order valence-corrected chi connectivity index (χ1v) is 5.74. The lowest BCUT2D eigenvalue weighted by atomic mass is 10.2. The number of carbonyl (C=O) groups excluding carboxylic acids is 1. The molecular formula is C11H9IN2O2. The number of aromatic nitrogens is 2. The molecule has 2 rings (SSSR count). The van der Waals surface area contributed by atoms with Gasteiger partial charge in [-0.15, -0.1) is 0 Å². The van der Waals surface area contributed by atoms with E-state index >= 15 is 0 Å². The standard InChI is InChI=1S/C11H9IN2O2/c12-10-3-1-2-9(4-10)11(15)16-7-8-5-13-14-6-8/h1-6H,7H2,(H,13,14). The number of aromatic amines is 1. The lowest BCUT2D eigenvalue weighted by molar-refractivity contribution is 0.0472. The second kappa shape index (κ2) is 5.11. The van der Waals surface area contributed by atoms with Gasteiger partial charge in [-0.05, 0) is 40.8 Å². The minimum absolute atomic E-state index is 0.237. The van der Waals surface area contributed by atoms with Gasteiger partial charge in [-0.1, -0.05) is 6.07 Å². The van der Waals surface area contributed by atoms with Gasteiger partial charge in [-0.3, -0.25) is 5.10 Å². The Balaban J connectivity index is 1.98. The number of rotatable bonds is 3. The van der Waals surface area contributed by atoms with Gasteiger partial charge in [0.1, 0.15) is 6.61 Å². The number of hydrogen-bond donors (Lipinski definition) is 1. The van der Waals surface area contributed by atoms with Crippen molar-refractivity contribution in [2.24, 2.45) is 0 Å². The van der Waals surface area contributed by atoms with E-state index < -0.39 is 0 Å². The highest BCUT2D eigenvalue weighted by Gasteiger charge is 2.07. The fourth-order valence-corrected chi connectivity index (χ4v) is 1.75. The molecule has 0 bridgehead atoms. The fourth-order valence-electron chi connectivity index (χ4n) is 1.20. The maximum atomic E-state index is 11.6. The number of halogens is 1. The average Bonchev–Trinajstić information content (AvgIpc) is 2.78. The molecule has 0 radical (unpaired) electrons. The van der Waals surface area contributed by atoms with Crippen molar-refractivity contribution < 1.29 is 9.53 Å². The summed E-state index contributed by atoms with van der Waals surface area (Å²) in [7, 11) is 0. The average molecular weight is 328 g/mol. The molecule has 0 fully saturated rings. The maximum Gasteiger partial charge on any atom is 0.338 e. The molecular weight excluding hydrogens is 319 g/mol. The van der Waals surface area contributed by atoms with E-state index in [9.17, 15) is 4.79 Å². The molecule has 0 aliphatic heterocycles. The van der Waals surface area contributed by atoms with Crippen LogP contribution in [0.2, 0.25) is 0 Å². The van der Waals surface area contributed by atoms with Crippen molar-refractivity contribution in [2.75, 3.05) is 0 Å². The van der Waals surface area contributed by atoms with Crippen molar-refractivity contribution in [3.63, 3.8) is 0 Å². The van der Waals surface area contributed by atoms with Gasteiger partial charge in [0, 0.05) is 15.3 Å². The topological polar surface area (TPSA) is 55.0 Å². The Hall–Kier alpha value is -1.37. The van der Waals surface area contributed by atoms with E-state index in [4.69, 9.17) is 4.74 Å². The number of H-pyrrole nitrogens is 1. The van der Waals surface area contributed by atoms with Crippen LogP contribution in [0.5, 0.6) is 0 Å². The Bertz CT molecular complexity index is 482. The van der Waals surface area contributed by atoms with Crippen LogP contribution >= 0.6 is 22.6 Å². The van der Waals surface area contributed by atoms with Gasteiger partial charge in [0.25, 0.3) is 0 Å². The summed E-state index contributed by atoms with van der Waals surface area (Å²) in [5, 5.41) is 6.43. The molecule has 82 valence electrons. The van der Waals surface area contributed by atoms with Gasteiger partial charge < -0.3 is 4.74 Å². The molecule has 0 amide bonds. The molecule has 0 aliphatic carbocycles. The molecule has 2 aromatic rings. The number of ether oxygens (including phenoxy) is 1. The van der Waals surface area contributed by atoms with Crippen molar-refractivity contribution in [3.05, 3.63) is 51.4 Å². The van der Waals surface area contributed by atoms with Gasteiger partial charge in [0.05, 0.1) is 11.8 Å². The van der Waals surface area contributed by atoms with Crippen LogP contribution in [-0.2, 0) is 11.3 Å². The molecule has 5 heteroatoms. The summed E-state index contributed by atoms with van der Waals surface area (Å²) in [6.45, 7) is 0.237. The molecule has 4 nitrogen and oxygen atoms in total. The third-order valence-electron chi connectivity index (χ3n) is 1.99. The van der Waals surface area contributed by atoms with Crippen molar-refractivity contribution >= 4 is 28.6 Å². The van der Waals surface area contributed by atoms with Gasteiger partial charge in [-0.2, -0.15) is 5.10 Å². The van der Waals surface area contributed by atoms with Gasteiger partial charge in [-0.25, -0.2) is 4.79 Å². The lowest BCUT2D eigenvalue weighted by Gasteiger charge is -2.03. The highest BCUT2D eigenvalue weighted by molar-refractivity contribution is 14.1. The molecule has 1 heterocycles. The van der Waals surface area contributed by atoms with Crippen molar-refractivity contribution in [3.8, 4) is 0 Å². The molecule has 1 aromatic carbocycles. The molecule has 0 saturated carbocycles. The maximum absolute atomic E-state index is 11.6. The molecule has 16 heavy (non-hydrogen) atoms. The highest BCUT2D eigenvalue weighted by Crippen LogP contribution is 2.10. The van der Waals surface area contributed by atoms with Crippen molar-refractivity contribution in [1.82, 2.24) is 10.2 Å². The number of hydrogen-bond acceptors (Lipinski definition) is 3. The first-order chi connectivity index (χ1) is 7.75. The zero-order valence-electron chi connectivity index (χ0n) is 8.31. The monoisotopic (exact) mass is 328 g/mol. The van der Waals surface area contributed by atoms with Crippen LogP contribution in [0, 0.1) is 3.57 Å². The second-order valence-corrected chi connectivity index (χ2v) is 4.44. The van der Waals surface area contributed by atoms with Crippen molar-refractivity contribution in [2.45, 2.75) is 6.61 Å². The Morgan fingerprint density at radius 2 is 2.38 bits per heavy atom. The highest BCUT2D eigenvalue weighted by atomic mass is 127. The third kappa shape index (κ3) is 2.82. The largest absolute Gasteiger partial charge is 0.457 e. The summed E-state index contributed by atoms with van der Waals surface area (Å²) < 4.78 is 6.13. The molecule has 0 spiro atoms. The predicted molar refractivity (Wildman–Crippen MR) is 66.9 cm³/mol. The zero-order chi connectivity index (χ0) is 11.4. The van der Waals surface area contributed by atoms with Crippen LogP contribution in [-0.4, -0.2) is 16.2 Å². The Labute approximate surface area is 106 Å². The minimum atomic E-state index is -0.320. The zero-order valence-corrected chi connectivity index (χ0v) is 10.5. The van der Waals surface area contributed by atoms with E-state index in [0.29, 0.717) is 5.56 Å². The minimum Gasteiger partial charge on any atom is -0.457 e. The Kier molecular flexibility index (Phi) is 3.55. The van der Waals surface area contributed by atoms with Gasteiger partial charge in [0.15, 0.2) is 0 Å². The quantitative estimate of drug-likeness (QED) is 0.695. The Morgan fingerprint density at radius 1 is 1.50 bits per heavy atom. The molecule has 1 N–H and O–H groups in total. The second-order valence-electron chi connectivity index (χ2n) is 3.19. The number of nitrogens with zero attached hydrogens (tertiary/aromatic N) is 1. The van der Waals surface area contributed by atoms with E-state index in [0.717, 1.165) is 9.13 Å². The normalized spacial score (nSPS) is 10.1. The van der Waals surface area contributed by atoms with Gasteiger partial charge in [0.2, 0.25) is 0 Å². The summed E-state index contributed by atoms with van der Waals surface area (Å²) in [5.41, 5.74) is 1.41. The first-order valence-electron chi connectivity index (χ1n) is 4.66. The lowest BCUT2D eigenvalue weighted by Crippen LogP contribution is -2.04. The summed E-state index contributed by atoms with van der Waals surface area (Å²) >= 11 is 2.15. The summed E-state index contributed by atoms with van der Waals surface area (Å²) in [4.78, 5) is 11.6. The number of benzene rings is 1. The molecule has 0 saturated heterocycles. The number of carbonyl (C=O) groups is 1. The SMILES string of the molecule is O=C(OCc1cn[nH]c1)c1cccc(I)c1. The van der Waals surface area contributed by atoms with Crippen LogP contribution in [0.15, 0.2) is 36.7 Å². The van der Waals surface area contributed by atoms with Crippen LogP contribution in [0.25, 0.3) is 0 Å². The molecule has 0 atom stereocenters. The van der Waals surface area contributed by atoms with E-state index in [1.165, 1.54) is 0 Å². The van der Waals surface area contributed by atoms with Crippen LogP contribution < -0.4 is 0 Å². The molecule has 0 aliphatic rings. The molecule has 0 unspecified atom stereocenters. The van der Waals surface area contributed by atoms with E-state index in [-0.39, 0.29) is 12.6 Å². The number of esters is 1. The van der Waals surface area contributed by atoms with E-state index in [1.807, 2.05) is 12.1 Å². The Morgan fingerprint density at radius 3 is 3.06 bits per heavy atom. The van der Waals surface area contributed by atoms with Crippen molar-refractivity contribution in [1.29, 1.82) is 0 Å². The third-order valence-corrected chi connectivity index (χ3v) is 2.66. The smallest absolute Gasteiger partial charge is 0.338 e. The summed E-state index contributed by atoms with van der Waals surface area (Å²) in [5.74, 6) is -0.320. The summed E-state index contributed by atoms with van der Waals surface area (Å²) in [6.07, 6.45) is 3.32.